The molecule has 7 nitrogen and oxygen atoms in total. The van der Waals surface area contributed by atoms with Gasteiger partial charge in [-0.1, -0.05) is 19.1 Å². The topological polar surface area (TPSA) is 73.4 Å². The van der Waals surface area contributed by atoms with Crippen molar-refractivity contribution in [2.24, 2.45) is 0 Å². The van der Waals surface area contributed by atoms with Crippen LogP contribution in [0.2, 0.25) is 0 Å². The Morgan fingerprint density at radius 1 is 1.00 bits per heavy atom. The summed E-state index contributed by atoms with van der Waals surface area (Å²) in [7, 11) is 3.89. The van der Waals surface area contributed by atoms with E-state index in [4.69, 9.17) is 0 Å². The zero-order chi connectivity index (χ0) is 28.0. The van der Waals surface area contributed by atoms with E-state index in [0.29, 0.717) is 5.56 Å². The number of anilines is 2. The maximum atomic E-state index is 10.6. The second-order valence-electron chi connectivity index (χ2n) is 10.2. The van der Waals surface area contributed by atoms with E-state index in [-0.39, 0.29) is 0 Å². The number of nitrogens with zero attached hydrogens (tertiary/aromatic N) is 4. The predicted octanol–water partition coefficient (Wildman–Crippen LogP) is 4.12. The summed E-state index contributed by atoms with van der Waals surface area (Å²) < 4.78 is 0. The molecule has 4 heterocycles. The first-order valence-electron chi connectivity index (χ1n) is 14.3. The molecule has 4 rings (SSSR count). The van der Waals surface area contributed by atoms with E-state index in [1.54, 1.807) is 12.3 Å². The van der Waals surface area contributed by atoms with Crippen molar-refractivity contribution < 1.29 is 4.79 Å². The summed E-state index contributed by atoms with van der Waals surface area (Å²) >= 11 is 0. The highest BCUT2D eigenvalue weighted by atomic mass is 16.1. The largest absolute Gasteiger partial charge is 0.390 e. The standard InChI is InChI=1S/C21H32N4.C11H14N2O/c1-6-18-14-24-21(23-5)13-19(18)12-16(2)17(3)20(22-4)15-25-10-8-7-9-11-25;14-9-10-4-5-12-11(8-10)13-6-2-1-3-7-13/h6,12-14,22-23H,2,7-11,15H2,1,3-5H3;4-5,8-9H,1-3,6-7H2/b18-6-,19-12-,20-17+;. The first kappa shape index (κ1) is 30.1. The van der Waals surface area contributed by atoms with Crippen LogP contribution in [0.3, 0.4) is 0 Å². The van der Waals surface area contributed by atoms with Gasteiger partial charge in [0.2, 0.25) is 0 Å². The number of likely N-dealkylation sites (N-methyl/N-ethyl adjacent to an activating group) is 1. The van der Waals surface area contributed by atoms with Gasteiger partial charge in [-0.3, -0.25) is 9.69 Å². The number of carbonyl (C=O) groups excluding carboxylic acids is 1. The van der Waals surface area contributed by atoms with Gasteiger partial charge < -0.3 is 15.5 Å². The summed E-state index contributed by atoms with van der Waals surface area (Å²) in [6, 6.07) is 5.66. The van der Waals surface area contributed by atoms with Crippen LogP contribution in [0.4, 0.5) is 11.6 Å². The van der Waals surface area contributed by atoms with Gasteiger partial charge in [-0.25, -0.2) is 9.97 Å². The number of piperidine rings is 2. The molecule has 2 aliphatic rings. The van der Waals surface area contributed by atoms with Crippen molar-refractivity contribution in [1.29, 1.82) is 0 Å². The molecule has 0 saturated carbocycles. The predicted molar refractivity (Wildman–Crippen MR) is 165 cm³/mol. The molecule has 0 atom stereocenters. The molecule has 7 heteroatoms. The van der Waals surface area contributed by atoms with Gasteiger partial charge in [-0.2, -0.15) is 0 Å². The molecular weight excluding hydrogens is 484 g/mol. The SMILES string of the molecule is C=C(/C=c1/cc(NC)nc/c1=C/C)/C(C)=C(\CN1CCCCC1)NC.O=Cc1ccnc(N2CCCCC2)c1. The first-order chi connectivity index (χ1) is 19.0. The number of aldehydes is 1. The molecule has 0 aliphatic carbocycles. The van der Waals surface area contributed by atoms with Crippen LogP contribution < -0.4 is 26.0 Å². The molecule has 0 spiro atoms. The lowest BCUT2D eigenvalue weighted by atomic mass is 10.0. The third kappa shape index (κ3) is 9.06. The highest BCUT2D eigenvalue weighted by molar-refractivity contribution is 5.76. The number of hydrogen-bond donors (Lipinski definition) is 2. The number of nitrogens with one attached hydrogen (secondary N) is 2. The van der Waals surface area contributed by atoms with Crippen molar-refractivity contribution in [3.05, 3.63) is 70.0 Å². The molecule has 2 aromatic heterocycles. The number of likely N-dealkylation sites (tertiary alicyclic amines) is 1. The highest BCUT2D eigenvalue weighted by Crippen LogP contribution is 2.18. The van der Waals surface area contributed by atoms with Crippen LogP contribution in [0.5, 0.6) is 0 Å². The van der Waals surface area contributed by atoms with Crippen LogP contribution in [0.25, 0.3) is 12.2 Å². The van der Waals surface area contributed by atoms with Crippen LogP contribution in [0.1, 0.15) is 62.7 Å². The van der Waals surface area contributed by atoms with Gasteiger partial charge in [0.15, 0.2) is 0 Å². The lowest BCUT2D eigenvalue weighted by molar-refractivity contribution is 0.112. The monoisotopic (exact) mass is 530 g/mol. The molecule has 2 aromatic rings. The van der Waals surface area contributed by atoms with Crippen LogP contribution >= 0.6 is 0 Å². The van der Waals surface area contributed by atoms with E-state index in [2.05, 4.69) is 62.1 Å². The average Bonchev–Trinajstić information content (AvgIpc) is 3.00. The molecule has 0 aromatic carbocycles. The normalized spacial score (nSPS) is 17.6. The van der Waals surface area contributed by atoms with Gasteiger partial charge in [0.1, 0.15) is 17.9 Å². The Kier molecular flexibility index (Phi) is 12.2. The summed E-state index contributed by atoms with van der Waals surface area (Å²) in [6.07, 6.45) is 16.5. The smallest absolute Gasteiger partial charge is 0.150 e. The van der Waals surface area contributed by atoms with Crippen LogP contribution in [0, 0.1) is 0 Å². The Morgan fingerprint density at radius 2 is 1.69 bits per heavy atom. The molecule has 0 radical (unpaired) electrons. The maximum Gasteiger partial charge on any atom is 0.150 e. The Labute approximate surface area is 234 Å². The second-order valence-corrected chi connectivity index (χ2v) is 10.2. The van der Waals surface area contributed by atoms with Gasteiger partial charge in [-0.15, -0.1) is 0 Å². The van der Waals surface area contributed by atoms with E-state index >= 15 is 0 Å². The second kappa shape index (κ2) is 15.8. The Morgan fingerprint density at radius 3 is 2.31 bits per heavy atom. The van der Waals surface area contributed by atoms with E-state index in [1.807, 2.05) is 33.3 Å². The summed E-state index contributed by atoms with van der Waals surface area (Å²) in [5.74, 6) is 1.81. The molecule has 0 bridgehead atoms. The van der Waals surface area contributed by atoms with Crippen molar-refractivity contribution in [2.75, 3.05) is 57.0 Å². The maximum absolute atomic E-state index is 10.6. The minimum absolute atomic E-state index is 0.709. The Balaban J connectivity index is 0.000000252. The lowest BCUT2D eigenvalue weighted by Gasteiger charge is -2.28. The average molecular weight is 531 g/mol. The number of carbonyl (C=O) groups is 1. The minimum atomic E-state index is 0.709. The summed E-state index contributed by atoms with van der Waals surface area (Å²) in [5.41, 5.74) is 4.23. The third-order valence-electron chi connectivity index (χ3n) is 7.52. The molecule has 210 valence electrons. The third-order valence-corrected chi connectivity index (χ3v) is 7.52. The first-order valence-corrected chi connectivity index (χ1v) is 14.3. The number of aromatic nitrogens is 2. The molecule has 2 N–H and O–H groups in total. The zero-order valence-electron chi connectivity index (χ0n) is 24.3. The summed E-state index contributed by atoms with van der Waals surface area (Å²) in [5, 5.41) is 8.75. The summed E-state index contributed by atoms with van der Waals surface area (Å²) in [6.45, 7) is 14.0. The van der Waals surface area contributed by atoms with Gasteiger partial charge in [0.05, 0.1) is 0 Å². The van der Waals surface area contributed by atoms with Crippen LogP contribution in [0.15, 0.2) is 54.0 Å². The van der Waals surface area contributed by atoms with Crippen molar-refractivity contribution in [3.8, 4) is 0 Å². The Bertz CT molecular complexity index is 1240. The van der Waals surface area contributed by atoms with Crippen LogP contribution in [-0.2, 0) is 0 Å². The van der Waals surface area contributed by atoms with Gasteiger partial charge in [0, 0.05) is 57.4 Å². The van der Waals surface area contributed by atoms with Crippen LogP contribution in [-0.4, -0.2) is 68.0 Å². The van der Waals surface area contributed by atoms with Gasteiger partial charge >= 0.3 is 0 Å². The van der Waals surface area contributed by atoms with Crippen molar-refractivity contribution >= 4 is 30.1 Å². The molecule has 2 aliphatic heterocycles. The molecule has 2 fully saturated rings. The van der Waals surface area contributed by atoms with Crippen molar-refractivity contribution in [3.63, 3.8) is 0 Å². The number of hydrogen-bond acceptors (Lipinski definition) is 7. The fourth-order valence-corrected chi connectivity index (χ4v) is 5.00. The van der Waals surface area contributed by atoms with Gasteiger partial charge in [-0.05, 0) is 105 Å². The zero-order valence-corrected chi connectivity index (χ0v) is 24.3. The molecule has 39 heavy (non-hydrogen) atoms. The molecule has 2 saturated heterocycles. The molecule has 0 amide bonds. The minimum Gasteiger partial charge on any atom is -0.390 e. The quantitative estimate of drug-likeness (QED) is 0.393. The Hall–Kier alpha value is -3.45. The number of rotatable bonds is 8. The fraction of sp³-hybridized carbons (Fsp3) is 0.469. The van der Waals surface area contributed by atoms with E-state index in [9.17, 15) is 4.79 Å². The van der Waals surface area contributed by atoms with E-state index < -0.39 is 0 Å². The van der Waals surface area contributed by atoms with Gasteiger partial charge in [0.25, 0.3) is 0 Å². The number of pyridine rings is 2. The molecule has 0 unspecified atom stereocenters. The molecular formula is C32H46N6O. The van der Waals surface area contributed by atoms with Crippen molar-refractivity contribution in [1.82, 2.24) is 20.2 Å². The van der Waals surface area contributed by atoms with E-state index in [0.717, 1.165) is 53.6 Å². The number of allylic oxidation sites excluding steroid dienone is 2. The lowest BCUT2D eigenvalue weighted by Crippen LogP contribution is -2.34. The summed E-state index contributed by atoms with van der Waals surface area (Å²) in [4.78, 5) is 24.0. The highest BCUT2D eigenvalue weighted by Gasteiger charge is 2.14. The van der Waals surface area contributed by atoms with E-state index in [1.165, 1.54) is 62.9 Å². The van der Waals surface area contributed by atoms with Crippen molar-refractivity contribution in [2.45, 2.75) is 52.4 Å². The fourth-order valence-electron chi connectivity index (χ4n) is 5.00.